The van der Waals surface area contributed by atoms with Crippen molar-refractivity contribution in [3.05, 3.63) is 47.5 Å². The lowest BCUT2D eigenvalue weighted by Gasteiger charge is -2.29. The molecule has 59 heavy (non-hydrogen) atoms. The highest BCUT2D eigenvalue weighted by molar-refractivity contribution is 6.76. The summed E-state index contributed by atoms with van der Waals surface area (Å²) in [5.74, 6) is -2.07. The Hall–Kier alpha value is -4.47. The van der Waals surface area contributed by atoms with Crippen molar-refractivity contribution in [2.45, 2.75) is 82.1 Å². The minimum absolute atomic E-state index is 0.0693. The maximum absolute atomic E-state index is 14.3. The molecule has 4 atom stereocenters. The van der Waals surface area contributed by atoms with Crippen molar-refractivity contribution in [1.82, 2.24) is 9.80 Å². The molecular formula is C41H56N4O12Si2. The Morgan fingerprint density at radius 3 is 1.32 bits per heavy atom. The number of ether oxygens (including phenoxy) is 6. The highest BCUT2D eigenvalue weighted by atomic mass is 28.3. The number of rotatable bonds is 18. The Balaban J connectivity index is 1.13. The number of benzene rings is 2. The Labute approximate surface area is 347 Å². The summed E-state index contributed by atoms with van der Waals surface area (Å²) in [6.07, 6.45) is -2.36. The van der Waals surface area contributed by atoms with E-state index in [-0.39, 0.29) is 57.3 Å². The quantitative estimate of drug-likeness (QED) is 0.158. The molecule has 0 aliphatic carbocycles. The number of fused-ring (bicyclic) bond motifs is 4. The normalized spacial score (nSPS) is 22.0. The third-order valence-electron chi connectivity index (χ3n) is 10.9. The standard InChI is InChI=1S/C41H56N4O12Si2/c1-52-26-10-12-30-28(20-26)38(48)42-22-32(46)36(34(42)40(50)44(30)24-54-16-18-58(3,4)5)56-14-9-15-57-37-33(47)23-43-35(37)41(51)45(25-55-17-19-59(6,7)8)31-13-11-27(53-2)21-29(31)39(43)49/h10-13,20-21,34-37H,9,14-19,22-25H2,1-8H3/t34-,35-,36?,37?/m0/s1. The summed E-state index contributed by atoms with van der Waals surface area (Å²) < 4.78 is 34.8. The second kappa shape index (κ2) is 18.0. The van der Waals surface area contributed by atoms with Gasteiger partial charge in [-0.15, -0.1) is 0 Å². The van der Waals surface area contributed by atoms with Crippen LogP contribution in [0.4, 0.5) is 11.4 Å². The number of hydrogen-bond acceptors (Lipinski definition) is 12. The maximum Gasteiger partial charge on any atom is 0.257 e. The first-order valence-electron chi connectivity index (χ1n) is 20.0. The van der Waals surface area contributed by atoms with Crippen molar-refractivity contribution in [2.75, 3.05) is 77.0 Å². The third-order valence-corrected chi connectivity index (χ3v) is 14.3. The van der Waals surface area contributed by atoms with Crippen LogP contribution in [-0.4, -0.2) is 153 Å². The molecule has 4 heterocycles. The van der Waals surface area contributed by atoms with Crippen LogP contribution in [0.1, 0.15) is 27.1 Å². The second-order valence-corrected chi connectivity index (χ2v) is 28.9. The Bertz CT molecular complexity index is 1830. The number of carbonyl (C=O) groups excluding carboxylic acids is 6. The SMILES string of the molecule is COc1ccc2c(c1)C(=O)N1CC(=O)C(OCCCOC3C(=O)CN4C(=O)c5cc(OC)ccc5N(COCC[Si](C)(C)C)C(=O)[C@H]34)[C@H]1C(=O)N2COCC[Si](C)(C)C. The third kappa shape index (κ3) is 9.63. The Morgan fingerprint density at radius 1 is 0.576 bits per heavy atom. The van der Waals surface area contributed by atoms with Crippen LogP contribution in [0, 0.1) is 0 Å². The smallest absolute Gasteiger partial charge is 0.257 e. The van der Waals surface area contributed by atoms with Crippen LogP contribution in [0.2, 0.25) is 51.4 Å². The molecule has 0 spiro atoms. The number of anilines is 2. The van der Waals surface area contributed by atoms with E-state index in [0.29, 0.717) is 36.1 Å². The number of Topliss-reactive ketones (excluding diaryl/α,β-unsaturated/α-hetero) is 2. The van der Waals surface area contributed by atoms with Gasteiger partial charge in [0.15, 0.2) is 11.6 Å². The molecule has 6 rings (SSSR count). The zero-order valence-corrected chi connectivity index (χ0v) is 37.2. The minimum atomic E-state index is -1.44. The lowest BCUT2D eigenvalue weighted by Crippen LogP contribution is -2.51. The van der Waals surface area contributed by atoms with Gasteiger partial charge < -0.3 is 38.2 Å². The van der Waals surface area contributed by atoms with E-state index in [9.17, 15) is 28.8 Å². The van der Waals surface area contributed by atoms with Crippen molar-refractivity contribution < 1.29 is 57.2 Å². The highest BCUT2D eigenvalue weighted by Crippen LogP contribution is 2.37. The topological polar surface area (TPSA) is 171 Å². The first-order chi connectivity index (χ1) is 27.9. The van der Waals surface area contributed by atoms with Crippen LogP contribution in [-0.2, 0) is 38.1 Å². The molecule has 4 aliphatic heterocycles. The molecule has 320 valence electrons. The summed E-state index contributed by atoms with van der Waals surface area (Å²) in [4.78, 5) is 88.5. The summed E-state index contributed by atoms with van der Waals surface area (Å²) >= 11 is 0. The van der Waals surface area contributed by atoms with E-state index in [1.165, 1.54) is 33.8 Å². The molecule has 0 saturated carbocycles. The molecule has 4 aliphatic rings. The number of ketones is 2. The molecule has 0 aromatic heterocycles. The maximum atomic E-state index is 14.3. The van der Waals surface area contributed by atoms with Gasteiger partial charge in [-0.1, -0.05) is 39.3 Å². The van der Waals surface area contributed by atoms with E-state index in [1.54, 1.807) is 36.4 Å². The molecule has 2 aromatic carbocycles. The predicted octanol–water partition coefficient (Wildman–Crippen LogP) is 3.67. The summed E-state index contributed by atoms with van der Waals surface area (Å²) in [5, 5.41) is 0. The molecule has 2 saturated heterocycles. The Kier molecular flexibility index (Phi) is 13.5. The van der Waals surface area contributed by atoms with Gasteiger partial charge in [0.05, 0.1) is 49.8 Å². The molecule has 2 unspecified atom stereocenters. The molecule has 0 radical (unpaired) electrons. The van der Waals surface area contributed by atoms with E-state index in [4.69, 9.17) is 28.4 Å². The number of nitrogens with zero attached hydrogens (tertiary/aromatic N) is 4. The molecule has 0 N–H and O–H groups in total. The molecule has 2 fully saturated rings. The highest BCUT2D eigenvalue weighted by Gasteiger charge is 2.54. The fourth-order valence-electron chi connectivity index (χ4n) is 7.46. The lowest BCUT2D eigenvalue weighted by molar-refractivity contribution is -0.136. The van der Waals surface area contributed by atoms with Crippen LogP contribution < -0.4 is 19.3 Å². The number of methoxy groups -OCH3 is 2. The largest absolute Gasteiger partial charge is 0.497 e. The average molecular weight is 853 g/mol. The van der Waals surface area contributed by atoms with Gasteiger partial charge in [0.2, 0.25) is 0 Å². The Morgan fingerprint density at radius 2 is 0.966 bits per heavy atom. The monoisotopic (exact) mass is 852 g/mol. The first kappa shape index (κ1) is 44.1. The molecule has 2 aromatic rings. The van der Waals surface area contributed by atoms with Crippen molar-refractivity contribution in [1.29, 1.82) is 0 Å². The molecule has 0 bridgehead atoms. The van der Waals surface area contributed by atoms with Gasteiger partial charge in [-0.05, 0) is 54.9 Å². The predicted molar refractivity (Wildman–Crippen MR) is 223 cm³/mol. The minimum Gasteiger partial charge on any atom is -0.497 e. The molecular weight excluding hydrogens is 797 g/mol. The molecule has 4 amide bonds. The van der Waals surface area contributed by atoms with Crippen molar-refractivity contribution >= 4 is 62.7 Å². The zero-order chi connectivity index (χ0) is 42.8. The van der Waals surface area contributed by atoms with Gasteiger partial charge in [0, 0.05) is 42.6 Å². The van der Waals surface area contributed by atoms with E-state index in [1.807, 2.05) is 0 Å². The van der Waals surface area contributed by atoms with Gasteiger partial charge in [0.25, 0.3) is 23.6 Å². The summed E-state index contributed by atoms with van der Waals surface area (Å²) in [6, 6.07) is 8.95. The van der Waals surface area contributed by atoms with Crippen LogP contribution >= 0.6 is 0 Å². The van der Waals surface area contributed by atoms with Crippen LogP contribution in [0.5, 0.6) is 11.5 Å². The van der Waals surface area contributed by atoms with E-state index < -0.39 is 75.6 Å². The number of carbonyl (C=O) groups is 6. The van der Waals surface area contributed by atoms with Crippen LogP contribution in [0.15, 0.2) is 36.4 Å². The van der Waals surface area contributed by atoms with Crippen LogP contribution in [0.25, 0.3) is 0 Å². The number of amides is 4. The van der Waals surface area contributed by atoms with Gasteiger partial charge in [0.1, 0.15) is 49.3 Å². The molecule has 18 heteroatoms. The second-order valence-electron chi connectivity index (χ2n) is 17.6. The van der Waals surface area contributed by atoms with Gasteiger partial charge in [-0.3, -0.25) is 38.6 Å². The summed E-state index contributed by atoms with van der Waals surface area (Å²) in [6.45, 7) is 13.2. The van der Waals surface area contributed by atoms with Gasteiger partial charge in [-0.2, -0.15) is 0 Å². The first-order valence-corrected chi connectivity index (χ1v) is 27.4. The van der Waals surface area contributed by atoms with Gasteiger partial charge in [-0.25, -0.2) is 0 Å². The van der Waals surface area contributed by atoms with Gasteiger partial charge >= 0.3 is 0 Å². The summed E-state index contributed by atoms with van der Waals surface area (Å²) in [5.41, 5.74) is 1.11. The van der Waals surface area contributed by atoms with E-state index in [2.05, 4.69) is 39.3 Å². The van der Waals surface area contributed by atoms with E-state index >= 15 is 0 Å². The fraction of sp³-hybridized carbons (Fsp3) is 0.561. The van der Waals surface area contributed by atoms with Crippen LogP contribution in [0.3, 0.4) is 0 Å². The fourth-order valence-corrected chi connectivity index (χ4v) is 8.97. The van der Waals surface area contributed by atoms with E-state index in [0.717, 1.165) is 12.1 Å². The van der Waals surface area contributed by atoms with Crippen molar-refractivity contribution in [2.24, 2.45) is 0 Å². The number of hydrogen-bond donors (Lipinski definition) is 0. The summed E-state index contributed by atoms with van der Waals surface area (Å²) in [7, 11) is 0.0821. The molecule has 16 nitrogen and oxygen atoms in total. The van der Waals surface area contributed by atoms with Crippen molar-refractivity contribution in [3.8, 4) is 11.5 Å². The lowest BCUT2D eigenvalue weighted by atomic mass is 10.1. The van der Waals surface area contributed by atoms with Crippen molar-refractivity contribution in [3.63, 3.8) is 0 Å². The average Bonchev–Trinajstić information content (AvgIpc) is 3.65. The zero-order valence-electron chi connectivity index (χ0n) is 35.2.